The van der Waals surface area contributed by atoms with Gasteiger partial charge in [0.1, 0.15) is 31.3 Å². The van der Waals surface area contributed by atoms with E-state index in [0.717, 1.165) is 11.1 Å². The molecule has 0 bridgehead atoms. The maximum absolute atomic E-state index is 12.2. The molecule has 2 aromatic carbocycles. The van der Waals surface area contributed by atoms with Crippen LogP contribution in [0.3, 0.4) is 0 Å². The van der Waals surface area contributed by atoms with E-state index in [9.17, 15) is 4.79 Å². The largest absolute Gasteiger partial charge is 0.489 e. The van der Waals surface area contributed by atoms with Crippen LogP contribution in [0.1, 0.15) is 25.0 Å². The lowest BCUT2D eigenvalue weighted by atomic mass is 9.77. The van der Waals surface area contributed by atoms with E-state index in [1.54, 1.807) is 6.92 Å². The Morgan fingerprint density at radius 3 is 1.55 bits per heavy atom. The van der Waals surface area contributed by atoms with Crippen molar-refractivity contribution in [3.8, 4) is 11.5 Å². The monoisotopic (exact) mass is 712 g/mol. The number of halogens is 4. The number of benzene rings is 2. The fraction of sp³-hybridized carbons (Fsp3) is 0.348. The zero-order valence-electron chi connectivity index (χ0n) is 18.1. The summed E-state index contributed by atoms with van der Waals surface area (Å²) in [6, 6.07) is 7.57. The average Bonchev–Trinajstić information content (AvgIpc) is 2.75. The normalized spacial score (nSPS) is 11.3. The quantitative estimate of drug-likeness (QED) is 0.223. The van der Waals surface area contributed by atoms with E-state index in [0.29, 0.717) is 35.0 Å². The summed E-state index contributed by atoms with van der Waals surface area (Å²) in [5.41, 5.74) is 1.22. The van der Waals surface area contributed by atoms with Gasteiger partial charge in [-0.15, -0.1) is 0 Å². The van der Waals surface area contributed by atoms with E-state index in [4.69, 9.17) is 24.4 Å². The van der Waals surface area contributed by atoms with Gasteiger partial charge in [0.25, 0.3) is 0 Å². The SMILES string of the molecule is C=C(C)C(=O)OCC(C)(c1cc(Br)c(OCCO)c(Br)c1)c1cc(Br)c(OCCO)c(Br)c1. The zero-order chi connectivity index (χ0) is 24.8. The summed E-state index contributed by atoms with van der Waals surface area (Å²) < 4.78 is 19.6. The van der Waals surface area contributed by atoms with Gasteiger partial charge < -0.3 is 24.4 Å². The van der Waals surface area contributed by atoms with Gasteiger partial charge in [-0.3, -0.25) is 0 Å². The summed E-state index contributed by atoms with van der Waals surface area (Å²) in [5, 5.41) is 18.2. The molecule has 0 heterocycles. The predicted molar refractivity (Wildman–Crippen MR) is 141 cm³/mol. The van der Waals surface area contributed by atoms with Crippen LogP contribution in [-0.2, 0) is 14.9 Å². The van der Waals surface area contributed by atoms with Crippen LogP contribution in [0.25, 0.3) is 0 Å². The van der Waals surface area contributed by atoms with Crippen LogP contribution in [0.4, 0.5) is 0 Å². The molecule has 0 aliphatic heterocycles. The Hall–Kier alpha value is -0.910. The smallest absolute Gasteiger partial charge is 0.333 e. The highest BCUT2D eigenvalue weighted by atomic mass is 79.9. The van der Waals surface area contributed by atoms with Crippen LogP contribution in [0.2, 0.25) is 0 Å². The average molecular weight is 716 g/mol. The molecular formula is C23H24Br4O6. The summed E-state index contributed by atoms with van der Waals surface area (Å²) in [4.78, 5) is 12.2. The number of hydrogen-bond acceptors (Lipinski definition) is 6. The van der Waals surface area contributed by atoms with Gasteiger partial charge in [0.15, 0.2) is 0 Å². The first-order valence-electron chi connectivity index (χ1n) is 9.84. The molecule has 0 aliphatic carbocycles. The van der Waals surface area contributed by atoms with Crippen molar-refractivity contribution in [2.75, 3.05) is 33.0 Å². The molecule has 2 rings (SSSR count). The molecule has 33 heavy (non-hydrogen) atoms. The van der Waals surface area contributed by atoms with Crippen molar-refractivity contribution in [2.24, 2.45) is 0 Å². The van der Waals surface area contributed by atoms with Gasteiger partial charge in [0.05, 0.1) is 36.5 Å². The van der Waals surface area contributed by atoms with Crippen LogP contribution in [-0.4, -0.2) is 49.2 Å². The second-order valence-electron chi connectivity index (χ2n) is 7.37. The van der Waals surface area contributed by atoms with Crippen LogP contribution >= 0.6 is 63.7 Å². The molecule has 0 fully saturated rings. The molecule has 0 unspecified atom stereocenters. The minimum absolute atomic E-state index is 0.0458. The highest BCUT2D eigenvalue weighted by Crippen LogP contribution is 2.44. The fourth-order valence-corrected chi connectivity index (χ4v) is 5.83. The number of esters is 1. The number of hydrogen-bond donors (Lipinski definition) is 2. The third-order valence-corrected chi connectivity index (χ3v) is 7.14. The zero-order valence-corrected chi connectivity index (χ0v) is 24.4. The van der Waals surface area contributed by atoms with Gasteiger partial charge in [-0.1, -0.05) is 6.58 Å². The van der Waals surface area contributed by atoms with Crippen LogP contribution in [0.15, 0.2) is 54.3 Å². The Morgan fingerprint density at radius 1 is 0.879 bits per heavy atom. The van der Waals surface area contributed by atoms with E-state index in [-0.39, 0.29) is 33.0 Å². The van der Waals surface area contributed by atoms with Crippen molar-refractivity contribution in [2.45, 2.75) is 19.3 Å². The van der Waals surface area contributed by atoms with E-state index < -0.39 is 11.4 Å². The van der Waals surface area contributed by atoms with Crippen LogP contribution in [0, 0.1) is 0 Å². The minimum Gasteiger partial charge on any atom is -0.489 e. The van der Waals surface area contributed by atoms with Crippen molar-refractivity contribution in [3.63, 3.8) is 0 Å². The Morgan fingerprint density at radius 2 is 1.24 bits per heavy atom. The molecule has 0 radical (unpaired) electrons. The van der Waals surface area contributed by atoms with Gasteiger partial charge in [0.2, 0.25) is 0 Å². The van der Waals surface area contributed by atoms with Crippen molar-refractivity contribution in [1.29, 1.82) is 0 Å². The molecule has 0 saturated heterocycles. The second kappa shape index (κ2) is 12.7. The maximum Gasteiger partial charge on any atom is 0.333 e. The number of aliphatic hydroxyl groups is 2. The lowest BCUT2D eigenvalue weighted by Gasteiger charge is -2.32. The summed E-state index contributed by atoms with van der Waals surface area (Å²) in [6.45, 7) is 7.35. The molecule has 6 nitrogen and oxygen atoms in total. The first-order chi connectivity index (χ1) is 15.5. The van der Waals surface area contributed by atoms with Gasteiger partial charge >= 0.3 is 5.97 Å². The third-order valence-electron chi connectivity index (χ3n) is 4.79. The van der Waals surface area contributed by atoms with E-state index >= 15 is 0 Å². The molecule has 0 aliphatic rings. The third kappa shape index (κ3) is 7.05. The lowest BCUT2D eigenvalue weighted by molar-refractivity contribution is -0.140. The number of ether oxygens (including phenoxy) is 3. The number of rotatable bonds is 11. The summed E-state index contributed by atoms with van der Waals surface area (Å²) >= 11 is 14.2. The molecule has 0 spiro atoms. The predicted octanol–water partition coefficient (Wildman–Crippen LogP) is 5.90. The Balaban J connectivity index is 2.61. The summed E-state index contributed by atoms with van der Waals surface area (Å²) in [7, 11) is 0. The fourth-order valence-electron chi connectivity index (χ4n) is 2.99. The molecule has 180 valence electrons. The molecular weight excluding hydrogens is 692 g/mol. The van der Waals surface area contributed by atoms with E-state index in [2.05, 4.69) is 70.3 Å². The highest BCUT2D eigenvalue weighted by molar-refractivity contribution is 9.11. The molecule has 2 N–H and O–H groups in total. The summed E-state index contributed by atoms with van der Waals surface area (Å²) in [6.07, 6.45) is 0. The summed E-state index contributed by atoms with van der Waals surface area (Å²) in [5.74, 6) is 0.636. The van der Waals surface area contributed by atoms with Crippen molar-refractivity contribution >= 4 is 69.7 Å². The molecule has 10 heteroatoms. The van der Waals surface area contributed by atoms with E-state index in [1.165, 1.54) is 0 Å². The molecule has 2 aromatic rings. The number of carbonyl (C=O) groups excluding carboxylic acids is 1. The lowest BCUT2D eigenvalue weighted by Crippen LogP contribution is -2.31. The first kappa shape index (κ1) is 28.3. The molecule has 0 amide bonds. The Kier molecular flexibility index (Phi) is 10.9. The van der Waals surface area contributed by atoms with Crippen LogP contribution < -0.4 is 9.47 Å². The van der Waals surface area contributed by atoms with Gasteiger partial charge in [0, 0.05) is 5.57 Å². The Labute approximate surface area is 226 Å². The Bertz CT molecular complexity index is 914. The van der Waals surface area contributed by atoms with Gasteiger partial charge in [-0.25, -0.2) is 4.79 Å². The topological polar surface area (TPSA) is 85.2 Å². The second-order valence-corrected chi connectivity index (χ2v) is 10.8. The van der Waals surface area contributed by atoms with Crippen molar-refractivity contribution in [3.05, 3.63) is 65.4 Å². The minimum atomic E-state index is -0.772. The number of aliphatic hydroxyl groups excluding tert-OH is 2. The van der Waals surface area contributed by atoms with Gasteiger partial charge in [-0.2, -0.15) is 0 Å². The maximum atomic E-state index is 12.2. The highest BCUT2D eigenvalue weighted by Gasteiger charge is 2.34. The first-order valence-corrected chi connectivity index (χ1v) is 13.0. The number of carbonyl (C=O) groups is 1. The van der Waals surface area contributed by atoms with Crippen molar-refractivity contribution < 1.29 is 29.2 Å². The molecule has 0 atom stereocenters. The molecule has 0 saturated carbocycles. The van der Waals surface area contributed by atoms with Gasteiger partial charge in [-0.05, 0) is 113 Å². The van der Waals surface area contributed by atoms with Crippen LogP contribution in [0.5, 0.6) is 11.5 Å². The molecule has 0 aromatic heterocycles. The van der Waals surface area contributed by atoms with E-state index in [1.807, 2.05) is 31.2 Å². The van der Waals surface area contributed by atoms with Crippen molar-refractivity contribution in [1.82, 2.24) is 0 Å². The standard InChI is InChI=1S/C23H24Br4O6/c1-13(2)22(30)33-12-23(3,14-8-16(24)20(17(25)9-14)31-6-4-28)15-10-18(26)21(19(27)11-15)32-7-5-29/h8-11,28-29H,1,4-7,12H2,2-3H3.